The lowest BCUT2D eigenvalue weighted by Gasteiger charge is -2.49. The van der Waals surface area contributed by atoms with E-state index in [1.165, 1.54) is 13.8 Å². The molecule has 10 atom stereocenters. The fourth-order valence-electron chi connectivity index (χ4n) is 5.38. The first-order chi connectivity index (χ1) is 22.5. The topological polar surface area (TPSA) is 191 Å². The molecule has 0 N–H and O–H groups in total. The molecule has 3 aliphatic rings. The summed E-state index contributed by atoms with van der Waals surface area (Å²) in [5, 5.41) is 2.93. The molecule has 0 spiro atoms. The highest BCUT2D eigenvalue weighted by Crippen LogP contribution is 2.45. The van der Waals surface area contributed by atoms with Crippen LogP contribution in [0.2, 0.25) is 18.1 Å². The molecule has 17 heteroatoms. The number of nitrogens with zero attached hydrogens (tertiary/aromatic N) is 3. The fourth-order valence-corrected chi connectivity index (χ4v) is 8.10. The zero-order valence-corrected chi connectivity index (χ0v) is 30.0. The van der Waals surface area contributed by atoms with Gasteiger partial charge in [0.25, 0.3) is 0 Å². The normalized spacial score (nSPS) is 31.6. The minimum Gasteiger partial charge on any atom is -0.465 e. The van der Waals surface area contributed by atoms with Gasteiger partial charge in [0.1, 0.15) is 30.3 Å². The summed E-state index contributed by atoms with van der Waals surface area (Å²) in [7, 11) is -2.54. The Hall–Kier alpha value is -3.18. The second-order valence-electron chi connectivity index (χ2n) is 13.2. The summed E-state index contributed by atoms with van der Waals surface area (Å²) in [5.41, 5.74) is 8.59. The minimum absolute atomic E-state index is 0.0936. The Morgan fingerprint density at radius 1 is 0.938 bits per heavy atom. The number of azide groups is 1. The number of fused-ring (bicyclic) bond motifs is 2. The Kier molecular flexibility index (Phi) is 12.2. The van der Waals surface area contributed by atoms with Gasteiger partial charge in [0.05, 0.1) is 23.5 Å². The van der Waals surface area contributed by atoms with E-state index in [0.29, 0.717) is 0 Å². The highest BCUT2D eigenvalue weighted by Gasteiger charge is 2.58. The number of thioether (sulfide) groups is 1. The van der Waals surface area contributed by atoms with Crippen LogP contribution in [-0.2, 0) is 52.0 Å². The maximum Gasteiger partial charge on any atom is 0.338 e. The van der Waals surface area contributed by atoms with Crippen LogP contribution in [-0.4, -0.2) is 105 Å². The lowest BCUT2D eigenvalue weighted by atomic mass is 9.98. The number of carbonyl (C=O) groups excluding carboxylic acids is 4. The van der Waals surface area contributed by atoms with Gasteiger partial charge < -0.3 is 37.6 Å². The molecule has 48 heavy (non-hydrogen) atoms. The summed E-state index contributed by atoms with van der Waals surface area (Å²) < 4.78 is 48.3. The Morgan fingerprint density at radius 2 is 1.58 bits per heavy atom. The number of hydrogen-bond acceptors (Lipinski definition) is 14. The van der Waals surface area contributed by atoms with E-state index >= 15 is 0 Å². The maximum atomic E-state index is 13.5. The van der Waals surface area contributed by atoms with Crippen molar-refractivity contribution in [2.24, 2.45) is 5.11 Å². The predicted octanol–water partition coefficient (Wildman–Crippen LogP) is 4.29. The van der Waals surface area contributed by atoms with Gasteiger partial charge in [0.15, 0.2) is 32.9 Å². The van der Waals surface area contributed by atoms with Crippen LogP contribution < -0.4 is 0 Å². The van der Waals surface area contributed by atoms with Crippen molar-refractivity contribution in [3.05, 3.63) is 46.3 Å². The molecule has 3 fully saturated rings. The molecule has 0 radical (unpaired) electrons. The van der Waals surface area contributed by atoms with E-state index in [0.717, 1.165) is 18.7 Å². The van der Waals surface area contributed by atoms with Crippen LogP contribution in [0.15, 0.2) is 35.4 Å². The van der Waals surface area contributed by atoms with Crippen molar-refractivity contribution in [2.45, 2.75) is 119 Å². The SMILES string of the molecule is CC(=O)OC[C@H]1SC(O[C@H]2[C@H](O[Si](C)(C)C(C)(C)C)[C@@H](N=[N+]=[N-])[C@@H]3OC[C@H]2O3)[C@H](OC(=O)c2ccccc2)[C@@H](OC(C)=O)[C@@H]1OC(C)=O. The van der Waals surface area contributed by atoms with Crippen molar-refractivity contribution in [1.82, 2.24) is 0 Å². The molecule has 4 rings (SSSR count). The van der Waals surface area contributed by atoms with E-state index in [9.17, 15) is 24.7 Å². The summed E-state index contributed by atoms with van der Waals surface area (Å²) in [5.74, 6) is -2.79. The largest absolute Gasteiger partial charge is 0.465 e. The summed E-state index contributed by atoms with van der Waals surface area (Å²) in [4.78, 5) is 53.2. The molecular formula is C31H43N3O12SSi. The summed E-state index contributed by atoms with van der Waals surface area (Å²) in [6.07, 6.45) is -7.25. The molecule has 15 nitrogen and oxygen atoms in total. The Morgan fingerprint density at radius 3 is 2.17 bits per heavy atom. The van der Waals surface area contributed by atoms with E-state index in [1.54, 1.807) is 30.3 Å². The quantitative estimate of drug-likeness (QED) is 0.0790. The van der Waals surface area contributed by atoms with E-state index in [1.807, 2.05) is 13.1 Å². The Balaban J connectivity index is 1.80. The monoisotopic (exact) mass is 709 g/mol. The molecule has 0 saturated carbocycles. The third-order valence-corrected chi connectivity index (χ3v) is 14.5. The van der Waals surface area contributed by atoms with Crippen LogP contribution in [0.1, 0.15) is 51.9 Å². The smallest absolute Gasteiger partial charge is 0.338 e. The van der Waals surface area contributed by atoms with E-state index in [2.05, 4.69) is 30.8 Å². The zero-order valence-electron chi connectivity index (χ0n) is 28.2. The zero-order chi connectivity index (χ0) is 35.4. The van der Waals surface area contributed by atoms with Gasteiger partial charge >= 0.3 is 23.9 Å². The minimum atomic E-state index is -2.54. The lowest BCUT2D eigenvalue weighted by molar-refractivity contribution is -0.214. The third kappa shape index (κ3) is 8.88. The van der Waals surface area contributed by atoms with E-state index in [4.69, 9.17) is 37.6 Å². The van der Waals surface area contributed by atoms with Gasteiger partial charge in [0.2, 0.25) is 0 Å². The molecule has 3 heterocycles. The van der Waals surface area contributed by atoms with Crippen molar-refractivity contribution in [1.29, 1.82) is 0 Å². The first kappa shape index (κ1) is 37.6. The summed E-state index contributed by atoms with van der Waals surface area (Å²) >= 11 is 1.07. The van der Waals surface area contributed by atoms with E-state index < -0.39 is 91.8 Å². The second kappa shape index (κ2) is 15.6. The molecule has 1 unspecified atom stereocenters. The number of benzene rings is 1. The Bertz CT molecular complexity index is 1390. The Labute approximate surface area is 284 Å². The number of carbonyl (C=O) groups is 4. The van der Waals surface area contributed by atoms with Gasteiger partial charge in [-0.15, -0.1) is 11.8 Å². The van der Waals surface area contributed by atoms with Crippen LogP contribution >= 0.6 is 11.8 Å². The second-order valence-corrected chi connectivity index (χ2v) is 19.3. The van der Waals surface area contributed by atoms with Crippen LogP contribution in [0, 0.1) is 0 Å². The standard InChI is InChI=1S/C31H43N3O12SSi/c1-16(35)39-15-21-24(41-17(2)36)26(42-18(3)37)27(44-28(38)19-12-10-9-11-13-19)30(47-21)45-23-20-14-40-29(43-20)22(33-34-32)25(23)46-48(7,8)31(4,5)6/h9-13,20-27,29-30H,14-15H2,1-8H3/t20-,21-,22-,23-,24-,25-,26+,27-,29-,30?/m1/s1. The number of ether oxygens (including phenoxy) is 7. The van der Waals surface area contributed by atoms with Crippen molar-refractivity contribution in [3.63, 3.8) is 0 Å². The van der Waals surface area contributed by atoms with Crippen molar-refractivity contribution >= 4 is 44.0 Å². The summed E-state index contributed by atoms with van der Waals surface area (Å²) in [6, 6.07) is 7.24. The van der Waals surface area contributed by atoms with Crippen LogP contribution in [0.25, 0.3) is 10.4 Å². The molecular weight excluding hydrogens is 667 g/mol. The highest BCUT2D eigenvalue weighted by atomic mass is 32.2. The number of hydrogen-bond donors (Lipinski definition) is 0. The molecule has 3 aliphatic heterocycles. The van der Waals surface area contributed by atoms with Crippen LogP contribution in [0.3, 0.4) is 0 Å². The molecule has 0 aromatic heterocycles. The van der Waals surface area contributed by atoms with Gasteiger partial charge in [-0.1, -0.05) is 44.1 Å². The first-order valence-electron chi connectivity index (χ1n) is 15.6. The average molecular weight is 710 g/mol. The van der Waals surface area contributed by atoms with Gasteiger partial charge in [-0.3, -0.25) is 14.4 Å². The molecule has 1 aromatic rings. The molecule has 264 valence electrons. The van der Waals surface area contributed by atoms with Crippen LogP contribution in [0.4, 0.5) is 0 Å². The lowest BCUT2D eigenvalue weighted by Crippen LogP contribution is -2.63. The molecule has 2 bridgehead atoms. The molecule has 1 aromatic carbocycles. The van der Waals surface area contributed by atoms with Crippen LogP contribution in [0.5, 0.6) is 0 Å². The van der Waals surface area contributed by atoms with Gasteiger partial charge in [-0.05, 0) is 35.8 Å². The molecule has 3 saturated heterocycles. The number of esters is 4. The first-order valence-corrected chi connectivity index (χ1v) is 19.4. The van der Waals surface area contributed by atoms with Crippen molar-refractivity contribution in [2.75, 3.05) is 13.2 Å². The van der Waals surface area contributed by atoms with Gasteiger partial charge in [-0.25, -0.2) is 4.79 Å². The molecule has 0 aliphatic carbocycles. The predicted molar refractivity (Wildman–Crippen MR) is 173 cm³/mol. The highest BCUT2D eigenvalue weighted by molar-refractivity contribution is 8.00. The van der Waals surface area contributed by atoms with E-state index in [-0.39, 0.29) is 23.8 Å². The number of rotatable bonds is 11. The molecule has 0 amide bonds. The third-order valence-electron chi connectivity index (χ3n) is 8.65. The van der Waals surface area contributed by atoms with Gasteiger partial charge in [0, 0.05) is 25.7 Å². The van der Waals surface area contributed by atoms with Crippen molar-refractivity contribution in [3.8, 4) is 0 Å². The van der Waals surface area contributed by atoms with Crippen molar-refractivity contribution < 1.29 is 56.8 Å². The fraction of sp³-hybridized carbons (Fsp3) is 0.677. The van der Waals surface area contributed by atoms with Gasteiger partial charge in [-0.2, -0.15) is 0 Å². The average Bonchev–Trinajstić information content (AvgIpc) is 3.43. The maximum absolute atomic E-state index is 13.5. The summed E-state index contributed by atoms with van der Waals surface area (Å²) in [6.45, 7) is 13.7.